The zero-order chi connectivity index (χ0) is 11.4. The van der Waals surface area contributed by atoms with Crippen LogP contribution in [0.3, 0.4) is 0 Å². The summed E-state index contributed by atoms with van der Waals surface area (Å²) in [5, 5.41) is 4.15. The van der Waals surface area contributed by atoms with E-state index in [4.69, 9.17) is 4.74 Å². The van der Waals surface area contributed by atoms with Crippen LogP contribution >= 0.6 is 15.9 Å². The normalized spacial score (nSPS) is 10.4. The molecule has 2 rings (SSSR count). The van der Waals surface area contributed by atoms with E-state index in [1.807, 2.05) is 42.1 Å². The zero-order valence-electron chi connectivity index (χ0n) is 9.06. The highest BCUT2D eigenvalue weighted by Gasteiger charge is 1.99. The molecule has 0 atom stereocenters. The number of benzene rings is 1. The molecule has 0 aliphatic heterocycles. The number of ether oxygens (including phenoxy) is 1. The average Bonchev–Trinajstić information content (AvgIpc) is 2.76. The Kier molecular flexibility index (Phi) is 3.62. The Hall–Kier alpha value is -1.29. The van der Waals surface area contributed by atoms with E-state index < -0.39 is 0 Å². The minimum Gasteiger partial charge on any atom is -0.486 e. The number of rotatable bonds is 4. The topological polar surface area (TPSA) is 27.1 Å². The first-order valence-electron chi connectivity index (χ1n) is 5.17. The lowest BCUT2D eigenvalue weighted by Crippen LogP contribution is -1.95. The van der Waals surface area contributed by atoms with Crippen molar-refractivity contribution in [3.63, 3.8) is 0 Å². The van der Waals surface area contributed by atoms with Crippen LogP contribution in [0.25, 0.3) is 0 Å². The highest BCUT2D eigenvalue weighted by molar-refractivity contribution is 9.10. The molecule has 0 bridgehead atoms. The predicted octanol–water partition coefficient (Wildman–Crippen LogP) is 3.24. The minimum atomic E-state index is 0.572. The average molecular weight is 281 g/mol. The fraction of sp³-hybridized carbons (Fsp3) is 0.250. The maximum Gasteiger partial charge on any atom is 0.157 e. The lowest BCUT2D eigenvalue weighted by Gasteiger charge is -2.03. The monoisotopic (exact) mass is 280 g/mol. The fourth-order valence-electron chi connectivity index (χ4n) is 1.34. The highest BCUT2D eigenvalue weighted by Crippen LogP contribution is 2.14. The summed E-state index contributed by atoms with van der Waals surface area (Å²) in [6.07, 6.45) is 3.64. The van der Waals surface area contributed by atoms with Crippen molar-refractivity contribution in [3.8, 4) is 5.75 Å². The van der Waals surface area contributed by atoms with E-state index in [-0.39, 0.29) is 0 Å². The van der Waals surface area contributed by atoms with Gasteiger partial charge in [-0.3, -0.25) is 4.68 Å². The maximum absolute atomic E-state index is 5.62. The number of hydrogen-bond donors (Lipinski definition) is 0. The molecule has 0 radical (unpaired) electrons. The molecule has 1 aromatic heterocycles. The second-order valence-corrected chi connectivity index (χ2v) is 4.36. The van der Waals surface area contributed by atoms with Crippen LogP contribution in [0.15, 0.2) is 41.1 Å². The second-order valence-electron chi connectivity index (χ2n) is 3.45. The smallest absolute Gasteiger partial charge is 0.157 e. The Labute approximate surface area is 103 Å². The lowest BCUT2D eigenvalue weighted by molar-refractivity contribution is 0.306. The van der Waals surface area contributed by atoms with Crippen LogP contribution in [0.5, 0.6) is 5.75 Å². The number of halogens is 1. The van der Waals surface area contributed by atoms with Gasteiger partial charge < -0.3 is 4.74 Å². The van der Waals surface area contributed by atoms with Crippen LogP contribution in [-0.4, -0.2) is 9.78 Å². The minimum absolute atomic E-state index is 0.572. The van der Waals surface area contributed by atoms with Gasteiger partial charge in [0.15, 0.2) is 5.75 Å². The first kappa shape index (κ1) is 11.2. The quantitative estimate of drug-likeness (QED) is 0.860. The number of hydrogen-bond acceptors (Lipinski definition) is 2. The van der Waals surface area contributed by atoms with Gasteiger partial charge in [-0.25, -0.2) is 0 Å². The Bertz CT molecular complexity index is 450. The Balaban J connectivity index is 1.94. The van der Waals surface area contributed by atoms with E-state index in [0.29, 0.717) is 6.61 Å². The van der Waals surface area contributed by atoms with Crippen LogP contribution in [0, 0.1) is 0 Å². The summed E-state index contributed by atoms with van der Waals surface area (Å²) in [6, 6.07) is 8.09. The van der Waals surface area contributed by atoms with E-state index in [1.165, 1.54) is 0 Å². The van der Waals surface area contributed by atoms with Crippen molar-refractivity contribution in [3.05, 3.63) is 46.7 Å². The largest absolute Gasteiger partial charge is 0.486 e. The van der Waals surface area contributed by atoms with Crippen molar-refractivity contribution >= 4 is 15.9 Å². The van der Waals surface area contributed by atoms with Crippen molar-refractivity contribution in [1.29, 1.82) is 0 Å². The first-order chi connectivity index (χ1) is 7.78. The molecule has 2 aromatic rings. The third-order valence-electron chi connectivity index (χ3n) is 2.25. The molecule has 0 saturated heterocycles. The van der Waals surface area contributed by atoms with Gasteiger partial charge in [0.1, 0.15) is 6.61 Å². The van der Waals surface area contributed by atoms with E-state index in [1.54, 1.807) is 6.20 Å². The summed E-state index contributed by atoms with van der Waals surface area (Å²) in [6.45, 7) is 3.48. The molecule has 0 amide bonds. The molecule has 0 fully saturated rings. The summed E-state index contributed by atoms with van der Waals surface area (Å²) in [5.41, 5.74) is 1.15. The molecule has 16 heavy (non-hydrogen) atoms. The van der Waals surface area contributed by atoms with Gasteiger partial charge in [0.2, 0.25) is 0 Å². The van der Waals surface area contributed by atoms with Crippen LogP contribution in [0.2, 0.25) is 0 Å². The summed E-state index contributed by atoms with van der Waals surface area (Å²) in [4.78, 5) is 0. The van der Waals surface area contributed by atoms with Gasteiger partial charge in [-0.05, 0) is 24.6 Å². The van der Waals surface area contributed by atoms with Gasteiger partial charge in [0, 0.05) is 11.0 Å². The van der Waals surface area contributed by atoms with E-state index in [2.05, 4.69) is 21.0 Å². The highest BCUT2D eigenvalue weighted by atomic mass is 79.9. The molecule has 84 valence electrons. The number of nitrogens with zero attached hydrogens (tertiary/aromatic N) is 2. The molecule has 0 aliphatic rings. The van der Waals surface area contributed by atoms with Crippen molar-refractivity contribution in [2.45, 2.75) is 20.1 Å². The van der Waals surface area contributed by atoms with E-state index >= 15 is 0 Å². The van der Waals surface area contributed by atoms with Crippen molar-refractivity contribution in [2.24, 2.45) is 0 Å². The molecule has 0 aliphatic carbocycles. The molecular weight excluding hydrogens is 268 g/mol. The van der Waals surface area contributed by atoms with Gasteiger partial charge in [-0.15, -0.1) is 0 Å². The Morgan fingerprint density at radius 2 is 2.06 bits per heavy atom. The Morgan fingerprint density at radius 1 is 1.31 bits per heavy atom. The van der Waals surface area contributed by atoms with E-state index in [9.17, 15) is 0 Å². The van der Waals surface area contributed by atoms with E-state index in [0.717, 1.165) is 22.3 Å². The third-order valence-corrected chi connectivity index (χ3v) is 2.78. The maximum atomic E-state index is 5.62. The van der Waals surface area contributed by atoms with Gasteiger partial charge >= 0.3 is 0 Å². The molecule has 4 heteroatoms. The molecule has 1 heterocycles. The number of aryl methyl sites for hydroxylation is 1. The summed E-state index contributed by atoms with van der Waals surface area (Å²) in [5.74, 6) is 0.810. The zero-order valence-corrected chi connectivity index (χ0v) is 10.6. The fourth-order valence-corrected chi connectivity index (χ4v) is 1.60. The van der Waals surface area contributed by atoms with Crippen LogP contribution in [0.4, 0.5) is 0 Å². The Morgan fingerprint density at radius 3 is 2.69 bits per heavy atom. The molecule has 0 N–H and O–H groups in total. The van der Waals surface area contributed by atoms with Crippen LogP contribution in [-0.2, 0) is 13.2 Å². The van der Waals surface area contributed by atoms with Crippen molar-refractivity contribution in [1.82, 2.24) is 9.78 Å². The lowest BCUT2D eigenvalue weighted by atomic mass is 10.2. The summed E-state index contributed by atoms with van der Waals surface area (Å²) in [7, 11) is 0. The molecular formula is C12H13BrN2O. The first-order valence-corrected chi connectivity index (χ1v) is 5.97. The third kappa shape index (κ3) is 2.85. The summed E-state index contributed by atoms with van der Waals surface area (Å²) >= 11 is 3.40. The second kappa shape index (κ2) is 5.16. The van der Waals surface area contributed by atoms with Gasteiger partial charge in [-0.2, -0.15) is 5.10 Å². The number of aromatic nitrogens is 2. The molecule has 3 nitrogen and oxygen atoms in total. The molecule has 1 aromatic carbocycles. The van der Waals surface area contributed by atoms with Crippen LogP contribution < -0.4 is 4.74 Å². The molecule has 0 spiro atoms. The van der Waals surface area contributed by atoms with Gasteiger partial charge in [0.05, 0.1) is 12.4 Å². The standard InChI is InChI=1S/C12H13BrN2O/c1-2-15-8-12(7-14-15)16-9-10-3-5-11(13)6-4-10/h3-8H,2,9H2,1H3. The SMILES string of the molecule is CCn1cc(OCc2ccc(Br)cc2)cn1. The van der Waals surface area contributed by atoms with Crippen LogP contribution in [0.1, 0.15) is 12.5 Å². The van der Waals surface area contributed by atoms with Gasteiger partial charge in [-0.1, -0.05) is 28.1 Å². The van der Waals surface area contributed by atoms with Gasteiger partial charge in [0.25, 0.3) is 0 Å². The summed E-state index contributed by atoms with van der Waals surface area (Å²) < 4.78 is 8.54. The van der Waals surface area contributed by atoms with Crippen molar-refractivity contribution in [2.75, 3.05) is 0 Å². The molecule has 0 unspecified atom stereocenters. The predicted molar refractivity (Wildman–Crippen MR) is 66.4 cm³/mol. The molecule has 0 saturated carbocycles. The van der Waals surface area contributed by atoms with Crippen molar-refractivity contribution < 1.29 is 4.74 Å².